The Morgan fingerprint density at radius 3 is 2.75 bits per heavy atom. The molecule has 2 heterocycles. The van der Waals surface area contributed by atoms with Crippen LogP contribution in [0.1, 0.15) is 51.2 Å². The van der Waals surface area contributed by atoms with Gasteiger partial charge in [0.05, 0.1) is 23.9 Å². The van der Waals surface area contributed by atoms with E-state index in [0.717, 1.165) is 13.0 Å². The van der Waals surface area contributed by atoms with E-state index in [0.29, 0.717) is 12.0 Å². The molecule has 0 unspecified atom stereocenters. The number of hydrogen-bond donors (Lipinski definition) is 0. The smallest absolute Gasteiger partial charge is 0.0720 e. The fraction of sp³-hybridized carbons (Fsp3) is 0.667. The highest BCUT2D eigenvalue weighted by Crippen LogP contribution is 2.50. The molecule has 1 saturated carbocycles. The molecule has 3 aliphatic rings. The predicted molar refractivity (Wildman–Crippen MR) is 80.7 cm³/mol. The van der Waals surface area contributed by atoms with Crippen LogP contribution in [0.4, 0.5) is 0 Å². The van der Waals surface area contributed by atoms with Crippen LogP contribution in [0.25, 0.3) is 0 Å². The van der Waals surface area contributed by atoms with Crippen molar-refractivity contribution >= 4 is 0 Å². The van der Waals surface area contributed by atoms with E-state index in [9.17, 15) is 0 Å². The lowest BCUT2D eigenvalue weighted by molar-refractivity contribution is -0.273. The summed E-state index contributed by atoms with van der Waals surface area (Å²) in [4.78, 5) is 0. The van der Waals surface area contributed by atoms with Crippen LogP contribution < -0.4 is 0 Å². The zero-order valence-electron chi connectivity index (χ0n) is 13.1. The first-order valence-electron chi connectivity index (χ1n) is 7.75. The van der Waals surface area contributed by atoms with Crippen molar-refractivity contribution in [1.29, 1.82) is 0 Å². The third kappa shape index (κ3) is 2.64. The topological polar surface area (TPSA) is 18.5 Å². The molecule has 0 radical (unpaired) electrons. The summed E-state index contributed by atoms with van der Waals surface area (Å²) in [6.07, 6.45) is 3.76. The van der Waals surface area contributed by atoms with Crippen molar-refractivity contribution in [3.63, 3.8) is 0 Å². The molecule has 2 heteroatoms. The fourth-order valence-corrected chi connectivity index (χ4v) is 4.10. The normalized spacial score (nSPS) is 35.2. The molecule has 0 spiro atoms. The molecular formula is C18H26O2. The summed E-state index contributed by atoms with van der Waals surface area (Å²) in [7, 11) is 0. The molecule has 0 N–H and O–H groups in total. The number of hydrogen-bond acceptors (Lipinski definition) is 2. The molecule has 1 aromatic rings. The van der Waals surface area contributed by atoms with Gasteiger partial charge in [-0.25, -0.2) is 0 Å². The van der Waals surface area contributed by atoms with Crippen molar-refractivity contribution in [3.8, 4) is 0 Å². The molecule has 2 nitrogen and oxygen atoms in total. The van der Waals surface area contributed by atoms with E-state index in [2.05, 4.69) is 52.0 Å². The largest absolute Gasteiger partial charge is 0.373 e. The minimum Gasteiger partial charge on any atom is -0.373 e. The van der Waals surface area contributed by atoms with Gasteiger partial charge in [-0.3, -0.25) is 0 Å². The summed E-state index contributed by atoms with van der Waals surface area (Å²) >= 11 is 0. The molecular weight excluding hydrogens is 248 g/mol. The van der Waals surface area contributed by atoms with E-state index in [4.69, 9.17) is 9.47 Å². The highest BCUT2D eigenvalue weighted by Gasteiger charge is 2.53. The summed E-state index contributed by atoms with van der Waals surface area (Å²) < 4.78 is 12.6. The molecule has 2 bridgehead atoms. The van der Waals surface area contributed by atoms with Crippen LogP contribution in [0.15, 0.2) is 24.3 Å². The Kier molecular flexibility index (Phi) is 3.42. The van der Waals surface area contributed by atoms with Crippen LogP contribution in [0.2, 0.25) is 0 Å². The lowest BCUT2D eigenvalue weighted by atomic mass is 9.67. The van der Waals surface area contributed by atoms with Crippen LogP contribution in [0.5, 0.6) is 0 Å². The summed E-state index contributed by atoms with van der Waals surface area (Å²) in [6, 6.07) is 8.60. The average molecular weight is 274 g/mol. The van der Waals surface area contributed by atoms with Gasteiger partial charge < -0.3 is 9.47 Å². The molecule has 3 atom stereocenters. The number of aryl methyl sites for hydroxylation is 1. The molecule has 2 aliphatic heterocycles. The van der Waals surface area contributed by atoms with Gasteiger partial charge in [-0.1, -0.05) is 29.8 Å². The first-order valence-corrected chi connectivity index (χ1v) is 7.75. The Balaban J connectivity index is 1.69. The van der Waals surface area contributed by atoms with Crippen LogP contribution in [0.3, 0.4) is 0 Å². The van der Waals surface area contributed by atoms with Gasteiger partial charge in [-0.15, -0.1) is 0 Å². The van der Waals surface area contributed by atoms with E-state index in [1.807, 2.05) is 0 Å². The first kappa shape index (κ1) is 14.1. The molecule has 0 aromatic heterocycles. The molecule has 1 aromatic carbocycles. The number of benzene rings is 1. The fourth-order valence-electron chi connectivity index (χ4n) is 4.10. The Labute approximate surface area is 122 Å². The third-order valence-corrected chi connectivity index (χ3v) is 5.01. The van der Waals surface area contributed by atoms with Crippen molar-refractivity contribution in [3.05, 3.63) is 35.4 Å². The molecule has 1 aliphatic carbocycles. The van der Waals surface area contributed by atoms with Crippen molar-refractivity contribution in [2.24, 2.45) is 5.92 Å². The third-order valence-electron chi connectivity index (χ3n) is 5.01. The van der Waals surface area contributed by atoms with E-state index >= 15 is 0 Å². The van der Waals surface area contributed by atoms with Crippen LogP contribution >= 0.6 is 0 Å². The van der Waals surface area contributed by atoms with Gasteiger partial charge in [-0.05, 0) is 46.1 Å². The van der Waals surface area contributed by atoms with E-state index in [1.165, 1.54) is 24.0 Å². The Morgan fingerprint density at radius 2 is 2.10 bits per heavy atom. The highest BCUT2D eigenvalue weighted by molar-refractivity contribution is 5.21. The summed E-state index contributed by atoms with van der Waals surface area (Å²) in [6.45, 7) is 9.53. The minimum absolute atomic E-state index is 0.00945. The predicted octanol–water partition coefficient (Wildman–Crippen LogP) is 4.25. The maximum absolute atomic E-state index is 6.28. The van der Waals surface area contributed by atoms with Crippen molar-refractivity contribution in [1.82, 2.24) is 0 Å². The van der Waals surface area contributed by atoms with Gasteiger partial charge in [0.2, 0.25) is 0 Å². The lowest BCUT2D eigenvalue weighted by Gasteiger charge is -2.57. The quantitative estimate of drug-likeness (QED) is 0.820. The van der Waals surface area contributed by atoms with Gasteiger partial charge >= 0.3 is 0 Å². The number of fused-ring (bicyclic) bond motifs is 3. The Bertz CT molecular complexity index is 491. The maximum Gasteiger partial charge on any atom is 0.0720 e. The summed E-state index contributed by atoms with van der Waals surface area (Å²) in [5.74, 6) is 0.522. The van der Waals surface area contributed by atoms with Gasteiger partial charge in [0.1, 0.15) is 0 Å². The van der Waals surface area contributed by atoms with Crippen LogP contribution in [-0.4, -0.2) is 17.3 Å². The highest BCUT2D eigenvalue weighted by atomic mass is 16.5. The van der Waals surface area contributed by atoms with Gasteiger partial charge in [0, 0.05) is 12.3 Å². The van der Waals surface area contributed by atoms with Crippen molar-refractivity contribution in [2.75, 3.05) is 0 Å². The van der Waals surface area contributed by atoms with E-state index < -0.39 is 0 Å². The van der Waals surface area contributed by atoms with Gasteiger partial charge in [0.25, 0.3) is 0 Å². The second-order valence-corrected chi connectivity index (χ2v) is 7.34. The molecule has 0 amide bonds. The zero-order chi connectivity index (χ0) is 14.4. The Hall–Kier alpha value is -0.860. The molecule has 2 saturated heterocycles. The second kappa shape index (κ2) is 4.85. The van der Waals surface area contributed by atoms with Gasteiger partial charge in [-0.2, -0.15) is 0 Å². The number of ether oxygens (including phenoxy) is 2. The van der Waals surface area contributed by atoms with Crippen LogP contribution in [-0.2, 0) is 16.1 Å². The van der Waals surface area contributed by atoms with Crippen LogP contribution in [0, 0.1) is 12.8 Å². The second-order valence-electron chi connectivity index (χ2n) is 7.34. The van der Waals surface area contributed by atoms with E-state index in [-0.39, 0.29) is 11.2 Å². The minimum atomic E-state index is -0.0531. The molecule has 4 rings (SSSR count). The standard InChI is InChI=1S/C18H26O2/c1-13-6-5-7-14(10-13)12-19-16-11-18(4)9-8-15(16)17(2,3)20-18/h5-7,10,15-16H,8-9,11-12H2,1-4H3/t15-,16-,18+/m0/s1. The SMILES string of the molecule is Cc1cccc(CO[C@H]2C[C@@]3(C)CC[C@@H]2C(C)(C)O3)c1. The monoisotopic (exact) mass is 274 g/mol. The van der Waals surface area contributed by atoms with Crippen molar-refractivity contribution in [2.45, 2.75) is 70.9 Å². The molecule has 20 heavy (non-hydrogen) atoms. The molecule has 110 valence electrons. The maximum atomic E-state index is 6.28. The average Bonchev–Trinajstić information content (AvgIpc) is 2.34. The number of rotatable bonds is 3. The van der Waals surface area contributed by atoms with E-state index in [1.54, 1.807) is 0 Å². The first-order chi connectivity index (χ1) is 9.38. The van der Waals surface area contributed by atoms with Crippen molar-refractivity contribution < 1.29 is 9.47 Å². The Morgan fingerprint density at radius 1 is 1.30 bits per heavy atom. The lowest BCUT2D eigenvalue weighted by Crippen LogP contribution is -2.60. The van der Waals surface area contributed by atoms with Gasteiger partial charge in [0.15, 0.2) is 0 Å². The molecule has 3 fully saturated rings. The zero-order valence-corrected chi connectivity index (χ0v) is 13.1. The summed E-state index contributed by atoms with van der Waals surface area (Å²) in [5, 5.41) is 0. The summed E-state index contributed by atoms with van der Waals surface area (Å²) in [5.41, 5.74) is 2.53.